The summed E-state index contributed by atoms with van der Waals surface area (Å²) in [5, 5.41) is 0. The van der Waals surface area contributed by atoms with Crippen LogP contribution >= 0.6 is 0 Å². The molecule has 0 heterocycles. The second-order valence-corrected chi connectivity index (χ2v) is 11.6. The lowest BCUT2D eigenvalue weighted by molar-refractivity contribution is -0.0517. The minimum Gasteiger partial charge on any atom is -0.741 e. The van der Waals surface area contributed by atoms with Crippen molar-refractivity contribution in [3.63, 3.8) is 0 Å². The Morgan fingerprint density at radius 3 is 1.67 bits per heavy atom. The van der Waals surface area contributed by atoms with Gasteiger partial charge < -0.3 is 14.0 Å². The van der Waals surface area contributed by atoms with Gasteiger partial charge in [0.05, 0.1) is 7.11 Å². The maximum Gasteiger partial charge on any atom is 0.485 e. The monoisotopic (exact) mass is 542 g/mol. The summed E-state index contributed by atoms with van der Waals surface area (Å²) in [6.07, 6.45) is 0. The summed E-state index contributed by atoms with van der Waals surface area (Å²) in [6.45, 7) is 5.95. The third-order valence-electron chi connectivity index (χ3n) is 4.24. The molecule has 0 N–H and O–H groups in total. The van der Waals surface area contributed by atoms with Crippen molar-refractivity contribution in [1.82, 2.24) is 0 Å². The third-order valence-corrected chi connectivity index (χ3v) is 7.09. The molecule has 0 saturated carbocycles. The van der Waals surface area contributed by atoms with Crippen molar-refractivity contribution < 1.29 is 40.4 Å². The van der Waals surface area contributed by atoms with Gasteiger partial charge in [-0.2, -0.15) is 13.2 Å². The van der Waals surface area contributed by atoms with Crippen molar-refractivity contribution in [2.45, 2.75) is 46.6 Å². The summed E-state index contributed by atoms with van der Waals surface area (Å²) < 4.78 is 70.0. The van der Waals surface area contributed by atoms with Crippen LogP contribution in [0.3, 0.4) is 0 Å². The van der Waals surface area contributed by atoms with Crippen LogP contribution in [0, 0.1) is 0 Å². The van der Waals surface area contributed by atoms with E-state index < -0.39 is 26.5 Å². The van der Waals surface area contributed by atoms with Gasteiger partial charge in [0.2, 0.25) is 0 Å². The molecule has 3 aromatic carbocycles. The van der Waals surface area contributed by atoms with Crippen LogP contribution in [-0.2, 0) is 25.7 Å². The molecule has 3 rings (SSSR count). The van der Waals surface area contributed by atoms with Crippen molar-refractivity contribution in [1.29, 1.82) is 0 Å². The largest absolute Gasteiger partial charge is 0.741 e. The van der Waals surface area contributed by atoms with E-state index >= 15 is 0 Å². The fourth-order valence-corrected chi connectivity index (χ4v) is 5.08. The van der Waals surface area contributed by atoms with Gasteiger partial charge in [-0.3, -0.25) is 0 Å². The molecule has 0 aromatic heterocycles. The molecule has 0 bridgehead atoms. The predicted molar refractivity (Wildman–Crippen MR) is 129 cm³/mol. The van der Waals surface area contributed by atoms with Crippen LogP contribution in [0.25, 0.3) is 0 Å². The first kappa shape index (κ1) is 29.2. The van der Waals surface area contributed by atoms with Gasteiger partial charge in [-0.25, -0.2) is 13.2 Å². The minimum absolute atomic E-state index is 0.352. The van der Waals surface area contributed by atoms with Gasteiger partial charge in [0.1, 0.15) is 27.8 Å². The highest BCUT2D eigenvalue weighted by Gasteiger charge is 2.37. The number of alkyl halides is 3. The summed E-state index contributed by atoms with van der Waals surface area (Å²) in [5.41, 5.74) is -5.47. The lowest BCUT2D eigenvalue weighted by Gasteiger charge is -2.22. The molecule has 11 heteroatoms. The highest BCUT2D eigenvalue weighted by Crippen LogP contribution is 2.35. The van der Waals surface area contributed by atoms with Crippen molar-refractivity contribution in [2.75, 3.05) is 7.11 Å². The van der Waals surface area contributed by atoms with Crippen molar-refractivity contribution in [3.8, 4) is 5.75 Å². The zero-order valence-electron chi connectivity index (χ0n) is 19.9. The lowest BCUT2D eigenvalue weighted by atomic mass is 10.1. The Labute approximate surface area is 211 Å². The summed E-state index contributed by atoms with van der Waals surface area (Å²) in [7, 11) is -5.12. The fourth-order valence-electron chi connectivity index (χ4n) is 2.88. The van der Waals surface area contributed by atoms with Crippen LogP contribution in [0.1, 0.15) is 31.1 Å². The SMILES string of the molecule is COC(=O)c1cc(OC(C)(C)C)ccc1[S+](c1ccccc1)c1ccccc1.O=S(=O)([O-])C(F)(F)F. The molecule has 0 fully saturated rings. The number of carbonyl (C=O) groups is 1. The second kappa shape index (κ2) is 11.8. The minimum atomic E-state index is -6.09. The van der Waals surface area contributed by atoms with Crippen LogP contribution in [0.2, 0.25) is 0 Å². The Morgan fingerprint density at radius 1 is 0.861 bits per heavy atom. The molecule has 6 nitrogen and oxygen atoms in total. The van der Waals surface area contributed by atoms with Crippen molar-refractivity contribution in [3.05, 3.63) is 84.4 Å². The van der Waals surface area contributed by atoms with Gasteiger partial charge in [-0.05, 0) is 63.2 Å². The van der Waals surface area contributed by atoms with Crippen molar-refractivity contribution >= 4 is 27.0 Å². The van der Waals surface area contributed by atoms with Gasteiger partial charge in [-0.15, -0.1) is 0 Å². The first-order chi connectivity index (χ1) is 16.6. The van der Waals surface area contributed by atoms with E-state index in [0.717, 1.165) is 14.7 Å². The molecule has 0 atom stereocenters. The van der Waals surface area contributed by atoms with Gasteiger partial charge in [0.25, 0.3) is 0 Å². The number of carbonyl (C=O) groups excluding carboxylic acids is 1. The zero-order valence-corrected chi connectivity index (χ0v) is 21.5. The number of esters is 1. The molecule has 0 spiro atoms. The van der Waals surface area contributed by atoms with E-state index in [0.29, 0.717) is 11.3 Å². The summed E-state index contributed by atoms with van der Waals surface area (Å²) in [4.78, 5) is 15.9. The molecule has 0 saturated heterocycles. The number of hydrogen-bond donors (Lipinski definition) is 0. The van der Waals surface area contributed by atoms with Crippen LogP contribution in [-0.4, -0.2) is 37.2 Å². The average molecular weight is 543 g/mol. The zero-order chi connectivity index (χ0) is 27.1. The normalized spacial score (nSPS) is 11.9. The van der Waals surface area contributed by atoms with E-state index in [1.165, 1.54) is 7.11 Å². The number of ether oxygens (including phenoxy) is 2. The summed E-state index contributed by atoms with van der Waals surface area (Å²) in [5.74, 6) is 0.292. The molecule has 36 heavy (non-hydrogen) atoms. The molecular formula is C25H25F3O6S2. The van der Waals surface area contributed by atoms with E-state index in [1.54, 1.807) is 6.07 Å². The van der Waals surface area contributed by atoms with Gasteiger partial charge in [0.15, 0.2) is 24.8 Å². The average Bonchev–Trinajstić information content (AvgIpc) is 2.79. The number of methoxy groups -OCH3 is 1. The Balaban J connectivity index is 0.000000493. The molecule has 3 aromatic rings. The van der Waals surface area contributed by atoms with Crippen LogP contribution in [0.5, 0.6) is 5.75 Å². The maximum atomic E-state index is 12.6. The van der Waals surface area contributed by atoms with E-state index in [2.05, 4.69) is 24.3 Å². The van der Waals surface area contributed by atoms with Crippen molar-refractivity contribution in [2.24, 2.45) is 0 Å². The standard InChI is InChI=1S/C24H25O3S.CHF3O3S/c1-24(2,3)27-18-15-16-22(21(17-18)23(25)26-4)28(19-11-7-5-8-12-19)20-13-9-6-10-14-20;2-1(3,4)8(5,6)7/h5-17H,1-4H3;(H,5,6,7)/q+1;/p-1. The number of hydrogen-bond acceptors (Lipinski definition) is 6. The summed E-state index contributed by atoms with van der Waals surface area (Å²) >= 11 is 0. The van der Waals surface area contributed by atoms with Crippen LogP contribution in [0.4, 0.5) is 13.2 Å². The molecule has 0 aliphatic rings. The van der Waals surface area contributed by atoms with E-state index in [1.807, 2.05) is 69.3 Å². The molecule has 0 unspecified atom stereocenters. The van der Waals surface area contributed by atoms with Gasteiger partial charge >= 0.3 is 11.5 Å². The Hall–Kier alpha value is -3.02. The Bertz CT molecular complexity index is 1220. The Morgan fingerprint density at radius 2 is 1.31 bits per heavy atom. The molecular weight excluding hydrogens is 517 g/mol. The van der Waals surface area contributed by atoms with Gasteiger partial charge in [0, 0.05) is 0 Å². The predicted octanol–water partition coefficient (Wildman–Crippen LogP) is 5.80. The molecule has 0 aliphatic heterocycles. The number of benzene rings is 3. The molecule has 0 amide bonds. The molecule has 0 aliphatic carbocycles. The smallest absolute Gasteiger partial charge is 0.485 e. The topological polar surface area (TPSA) is 92.7 Å². The Kier molecular flexibility index (Phi) is 9.58. The number of halogens is 3. The number of rotatable bonds is 5. The van der Waals surface area contributed by atoms with E-state index in [4.69, 9.17) is 22.4 Å². The third kappa shape index (κ3) is 8.28. The highest BCUT2D eigenvalue weighted by molar-refractivity contribution is 7.97. The summed E-state index contributed by atoms with van der Waals surface area (Å²) in [6, 6.07) is 26.2. The van der Waals surface area contributed by atoms with Crippen LogP contribution < -0.4 is 4.74 Å². The van der Waals surface area contributed by atoms with Gasteiger partial charge in [-0.1, -0.05) is 36.4 Å². The first-order valence-corrected chi connectivity index (χ1v) is 13.1. The van der Waals surface area contributed by atoms with Crippen LogP contribution in [0.15, 0.2) is 93.5 Å². The van der Waals surface area contributed by atoms with E-state index in [9.17, 15) is 18.0 Å². The molecule has 194 valence electrons. The first-order valence-electron chi connectivity index (χ1n) is 10.4. The van der Waals surface area contributed by atoms with E-state index in [-0.39, 0.29) is 11.6 Å². The second-order valence-electron chi connectivity index (χ2n) is 8.20. The highest BCUT2D eigenvalue weighted by atomic mass is 32.2. The maximum absolute atomic E-state index is 12.6. The lowest BCUT2D eigenvalue weighted by Crippen LogP contribution is -2.23. The quantitative estimate of drug-likeness (QED) is 0.175. The fraction of sp³-hybridized carbons (Fsp3) is 0.240. The molecule has 0 radical (unpaired) electrons.